The van der Waals surface area contributed by atoms with Crippen molar-refractivity contribution in [1.29, 1.82) is 0 Å². The molecular formula is C10H17N3O3. The molecule has 0 spiro atoms. The Bertz CT molecular complexity index is 338. The molecule has 0 atom stereocenters. The number of rotatable bonds is 7. The van der Waals surface area contributed by atoms with E-state index in [0.29, 0.717) is 19.7 Å². The third kappa shape index (κ3) is 4.00. The van der Waals surface area contributed by atoms with Gasteiger partial charge in [-0.1, -0.05) is 0 Å². The molecule has 0 radical (unpaired) electrons. The van der Waals surface area contributed by atoms with E-state index in [1.165, 1.54) is 0 Å². The summed E-state index contributed by atoms with van der Waals surface area (Å²) in [5, 5.41) is 8.77. The van der Waals surface area contributed by atoms with Crippen molar-refractivity contribution < 1.29 is 14.6 Å². The predicted molar refractivity (Wildman–Crippen MR) is 58.0 cm³/mol. The number of aliphatic carboxylic acids is 1. The minimum atomic E-state index is -0.842. The van der Waals surface area contributed by atoms with Gasteiger partial charge in [0.2, 0.25) is 0 Å². The fourth-order valence-electron chi connectivity index (χ4n) is 1.37. The first-order valence-corrected chi connectivity index (χ1v) is 5.02. The van der Waals surface area contributed by atoms with Crippen LogP contribution in [-0.4, -0.2) is 52.3 Å². The zero-order valence-electron chi connectivity index (χ0n) is 9.59. The van der Waals surface area contributed by atoms with Crippen molar-refractivity contribution in [2.45, 2.75) is 6.54 Å². The smallest absolute Gasteiger partial charge is 0.317 e. The molecule has 1 rings (SSSR count). The summed E-state index contributed by atoms with van der Waals surface area (Å²) in [7, 11) is 3.48. The number of nitrogens with zero attached hydrogens (tertiary/aromatic N) is 3. The molecule has 16 heavy (non-hydrogen) atoms. The molecule has 0 saturated carbocycles. The highest BCUT2D eigenvalue weighted by molar-refractivity contribution is 5.69. The van der Waals surface area contributed by atoms with Crippen molar-refractivity contribution in [3.63, 3.8) is 0 Å². The molecule has 0 bridgehead atoms. The fourth-order valence-corrected chi connectivity index (χ4v) is 1.37. The summed E-state index contributed by atoms with van der Waals surface area (Å²) >= 11 is 0. The highest BCUT2D eigenvalue weighted by atomic mass is 16.5. The maximum absolute atomic E-state index is 10.7. The maximum atomic E-state index is 10.7. The van der Waals surface area contributed by atoms with E-state index in [4.69, 9.17) is 9.84 Å². The van der Waals surface area contributed by atoms with Crippen molar-refractivity contribution in [2.24, 2.45) is 7.05 Å². The Kier molecular flexibility index (Phi) is 4.94. The van der Waals surface area contributed by atoms with Gasteiger partial charge in [-0.2, -0.15) is 0 Å². The average Bonchev–Trinajstić information content (AvgIpc) is 2.60. The number of carboxylic acid groups (broad SMARTS) is 1. The molecule has 6 nitrogen and oxygen atoms in total. The second kappa shape index (κ2) is 6.24. The highest BCUT2D eigenvalue weighted by Crippen LogP contribution is 2.01. The topological polar surface area (TPSA) is 67.6 Å². The second-order valence-corrected chi connectivity index (χ2v) is 3.55. The van der Waals surface area contributed by atoms with Crippen LogP contribution in [0, 0.1) is 0 Å². The molecule has 1 aromatic rings. The van der Waals surface area contributed by atoms with Crippen LogP contribution in [0.15, 0.2) is 12.4 Å². The standard InChI is InChI=1S/C10H17N3O3/c1-12-4-3-11-9(12)7-13(5-6-16-2)8-10(14)15/h3-4H,5-8H2,1-2H3,(H,14,15). The third-order valence-corrected chi connectivity index (χ3v) is 2.26. The third-order valence-electron chi connectivity index (χ3n) is 2.26. The molecule has 6 heteroatoms. The number of carboxylic acids is 1. The Morgan fingerprint density at radius 1 is 1.69 bits per heavy atom. The van der Waals surface area contributed by atoms with Crippen LogP contribution in [0.1, 0.15) is 5.82 Å². The monoisotopic (exact) mass is 227 g/mol. The van der Waals surface area contributed by atoms with Crippen molar-refractivity contribution in [2.75, 3.05) is 26.8 Å². The minimum absolute atomic E-state index is 0.00375. The van der Waals surface area contributed by atoms with E-state index in [0.717, 1.165) is 5.82 Å². The number of hydrogen-bond acceptors (Lipinski definition) is 4. The summed E-state index contributed by atoms with van der Waals surface area (Å²) in [6.07, 6.45) is 3.54. The molecule has 0 fully saturated rings. The molecule has 0 aliphatic carbocycles. The Labute approximate surface area is 94.5 Å². The van der Waals surface area contributed by atoms with Crippen molar-refractivity contribution in [3.8, 4) is 0 Å². The van der Waals surface area contributed by atoms with Crippen LogP contribution in [0.4, 0.5) is 0 Å². The van der Waals surface area contributed by atoms with E-state index in [-0.39, 0.29) is 6.54 Å². The van der Waals surface area contributed by atoms with E-state index in [1.807, 2.05) is 17.8 Å². The SMILES string of the molecule is COCCN(CC(=O)O)Cc1nccn1C. The van der Waals surface area contributed by atoms with Gasteiger partial charge < -0.3 is 14.4 Å². The highest BCUT2D eigenvalue weighted by Gasteiger charge is 2.12. The van der Waals surface area contributed by atoms with Crippen molar-refractivity contribution >= 4 is 5.97 Å². The van der Waals surface area contributed by atoms with E-state index in [1.54, 1.807) is 18.2 Å². The molecule has 90 valence electrons. The minimum Gasteiger partial charge on any atom is -0.480 e. The quantitative estimate of drug-likeness (QED) is 0.707. The summed E-state index contributed by atoms with van der Waals surface area (Å²) in [5.74, 6) is 0.00247. The van der Waals surface area contributed by atoms with Crippen LogP contribution in [0.2, 0.25) is 0 Å². The van der Waals surface area contributed by atoms with Crippen molar-refractivity contribution in [3.05, 3.63) is 18.2 Å². The van der Waals surface area contributed by atoms with E-state index in [2.05, 4.69) is 4.98 Å². The fraction of sp³-hybridized carbons (Fsp3) is 0.600. The number of imidazole rings is 1. The second-order valence-electron chi connectivity index (χ2n) is 3.55. The number of aryl methyl sites for hydroxylation is 1. The van der Waals surface area contributed by atoms with Gasteiger partial charge in [0, 0.05) is 33.1 Å². The van der Waals surface area contributed by atoms with E-state index < -0.39 is 5.97 Å². The van der Waals surface area contributed by atoms with Crippen molar-refractivity contribution in [1.82, 2.24) is 14.5 Å². The summed E-state index contributed by atoms with van der Waals surface area (Å²) in [5.41, 5.74) is 0. The van der Waals surface area contributed by atoms with Crippen LogP contribution in [0.3, 0.4) is 0 Å². The molecule has 0 aromatic carbocycles. The zero-order valence-corrected chi connectivity index (χ0v) is 9.59. The van der Waals surface area contributed by atoms with E-state index >= 15 is 0 Å². The maximum Gasteiger partial charge on any atom is 0.317 e. The van der Waals surface area contributed by atoms with Gasteiger partial charge in [0.25, 0.3) is 0 Å². The number of carbonyl (C=O) groups is 1. The molecule has 1 N–H and O–H groups in total. The van der Waals surface area contributed by atoms with Gasteiger partial charge in [0.1, 0.15) is 5.82 Å². The molecule has 0 amide bonds. The molecule has 1 heterocycles. The number of ether oxygens (including phenoxy) is 1. The largest absolute Gasteiger partial charge is 0.480 e. The average molecular weight is 227 g/mol. The Morgan fingerprint density at radius 3 is 2.94 bits per heavy atom. The molecule has 0 aliphatic heterocycles. The van der Waals surface area contributed by atoms with Gasteiger partial charge >= 0.3 is 5.97 Å². The summed E-state index contributed by atoms with van der Waals surface area (Å²) in [6, 6.07) is 0. The predicted octanol–water partition coefficient (Wildman–Crippen LogP) is -0.0469. The lowest BCUT2D eigenvalue weighted by Gasteiger charge is -2.19. The summed E-state index contributed by atoms with van der Waals surface area (Å²) < 4.78 is 6.82. The Balaban J connectivity index is 2.55. The zero-order chi connectivity index (χ0) is 12.0. The lowest BCUT2D eigenvalue weighted by atomic mass is 10.4. The molecule has 0 unspecified atom stereocenters. The number of hydrogen-bond donors (Lipinski definition) is 1. The van der Waals surface area contributed by atoms with Gasteiger partial charge in [-0.25, -0.2) is 4.98 Å². The Hall–Kier alpha value is -1.40. The first kappa shape index (κ1) is 12.7. The van der Waals surface area contributed by atoms with Crippen LogP contribution in [0.25, 0.3) is 0 Å². The lowest BCUT2D eigenvalue weighted by molar-refractivity contribution is -0.138. The molecule has 1 aromatic heterocycles. The van der Waals surface area contributed by atoms with Crippen LogP contribution < -0.4 is 0 Å². The van der Waals surface area contributed by atoms with E-state index in [9.17, 15) is 4.79 Å². The van der Waals surface area contributed by atoms with Crippen LogP contribution in [0.5, 0.6) is 0 Å². The first-order valence-electron chi connectivity index (χ1n) is 5.02. The molecule has 0 aliphatic rings. The van der Waals surface area contributed by atoms with Crippen LogP contribution >= 0.6 is 0 Å². The Morgan fingerprint density at radius 2 is 2.44 bits per heavy atom. The molecular weight excluding hydrogens is 210 g/mol. The first-order chi connectivity index (χ1) is 7.63. The van der Waals surface area contributed by atoms with Gasteiger partial charge in [-0.05, 0) is 0 Å². The van der Waals surface area contributed by atoms with Gasteiger partial charge in [-0.3, -0.25) is 9.69 Å². The van der Waals surface area contributed by atoms with Gasteiger partial charge in [0.05, 0.1) is 19.7 Å². The number of aromatic nitrogens is 2. The summed E-state index contributed by atoms with van der Waals surface area (Å²) in [4.78, 5) is 16.6. The van der Waals surface area contributed by atoms with Gasteiger partial charge in [0.15, 0.2) is 0 Å². The lowest BCUT2D eigenvalue weighted by Crippen LogP contribution is -2.33. The van der Waals surface area contributed by atoms with Gasteiger partial charge in [-0.15, -0.1) is 0 Å². The normalized spacial score (nSPS) is 10.9. The number of methoxy groups -OCH3 is 1. The van der Waals surface area contributed by atoms with Crippen LogP contribution in [-0.2, 0) is 23.1 Å². The molecule has 0 saturated heterocycles. The summed E-state index contributed by atoms with van der Waals surface area (Å²) in [6.45, 7) is 1.60.